The fourth-order valence-electron chi connectivity index (χ4n) is 1.17. The molecule has 0 aliphatic rings. The molecule has 0 aliphatic heterocycles. The summed E-state index contributed by atoms with van der Waals surface area (Å²) in [5.41, 5.74) is 0.525. The lowest BCUT2D eigenvalue weighted by molar-refractivity contribution is -0.139. The molecule has 0 saturated heterocycles. The van der Waals surface area contributed by atoms with Crippen LogP contribution in [0.1, 0.15) is 13.3 Å². The highest BCUT2D eigenvalue weighted by atomic mass is 16.5. The molecular weight excluding hydrogens is 210 g/mol. The van der Waals surface area contributed by atoms with Gasteiger partial charge in [0.1, 0.15) is 12.2 Å². The number of nitrogens with one attached hydrogen (secondary N) is 1. The van der Waals surface area contributed by atoms with Crippen molar-refractivity contribution in [1.29, 1.82) is 0 Å². The molecule has 0 aromatic heterocycles. The van der Waals surface area contributed by atoms with Gasteiger partial charge in [-0.25, -0.2) is 0 Å². The number of hydrogen-bond donors (Lipinski definition) is 2. The first-order chi connectivity index (χ1) is 7.61. The number of hydrogen-bond acceptors (Lipinski definition) is 3. The number of carboxylic acid groups (broad SMARTS) is 1. The van der Waals surface area contributed by atoms with Gasteiger partial charge in [-0.3, -0.25) is 9.59 Å². The van der Waals surface area contributed by atoms with E-state index in [-0.39, 0.29) is 0 Å². The van der Waals surface area contributed by atoms with Crippen molar-refractivity contribution in [2.24, 2.45) is 0 Å². The molecule has 1 aromatic rings. The second-order valence-corrected chi connectivity index (χ2v) is 3.08. The minimum absolute atomic E-state index is 0.525. The Bertz CT molecular complexity index is 389. The molecule has 16 heavy (non-hydrogen) atoms. The van der Waals surface area contributed by atoms with E-state index in [1.807, 2.05) is 6.92 Å². The predicted octanol–water partition coefficient (Wildman–Crippen LogP) is 1.50. The SMILES string of the molecule is CCOc1cccc(NC(=O)CC(=O)O)c1. The quantitative estimate of drug-likeness (QED) is 0.742. The molecule has 0 atom stereocenters. The number of benzene rings is 1. The highest BCUT2D eigenvalue weighted by Crippen LogP contribution is 2.17. The first-order valence-electron chi connectivity index (χ1n) is 4.86. The molecule has 5 heteroatoms. The number of rotatable bonds is 5. The lowest BCUT2D eigenvalue weighted by atomic mass is 10.3. The molecule has 86 valence electrons. The van der Waals surface area contributed by atoms with Crippen molar-refractivity contribution in [2.45, 2.75) is 13.3 Å². The molecule has 0 heterocycles. The van der Waals surface area contributed by atoms with Crippen LogP contribution in [0.5, 0.6) is 5.75 Å². The molecule has 2 N–H and O–H groups in total. The lowest BCUT2D eigenvalue weighted by Crippen LogP contribution is -2.15. The van der Waals surface area contributed by atoms with Crippen LogP contribution in [0.25, 0.3) is 0 Å². The Morgan fingerprint density at radius 3 is 2.81 bits per heavy atom. The van der Waals surface area contributed by atoms with E-state index in [1.54, 1.807) is 24.3 Å². The number of carbonyl (C=O) groups excluding carboxylic acids is 1. The van der Waals surface area contributed by atoms with Crippen molar-refractivity contribution in [2.75, 3.05) is 11.9 Å². The lowest BCUT2D eigenvalue weighted by Gasteiger charge is -2.06. The van der Waals surface area contributed by atoms with Gasteiger partial charge in [0, 0.05) is 11.8 Å². The molecule has 0 aliphatic carbocycles. The second kappa shape index (κ2) is 5.75. The Morgan fingerprint density at radius 2 is 2.19 bits per heavy atom. The van der Waals surface area contributed by atoms with Crippen LogP contribution < -0.4 is 10.1 Å². The molecule has 0 spiro atoms. The van der Waals surface area contributed by atoms with Gasteiger partial charge in [0.25, 0.3) is 0 Å². The summed E-state index contributed by atoms with van der Waals surface area (Å²) in [7, 11) is 0. The van der Waals surface area contributed by atoms with E-state index in [0.717, 1.165) is 0 Å². The van der Waals surface area contributed by atoms with Crippen molar-refractivity contribution in [3.63, 3.8) is 0 Å². The fraction of sp³-hybridized carbons (Fsp3) is 0.273. The van der Waals surface area contributed by atoms with Crippen LogP contribution in [0, 0.1) is 0 Å². The van der Waals surface area contributed by atoms with Crippen LogP contribution in [0.4, 0.5) is 5.69 Å². The topological polar surface area (TPSA) is 75.6 Å². The number of aliphatic carboxylic acids is 1. The minimum Gasteiger partial charge on any atom is -0.494 e. The maximum Gasteiger partial charge on any atom is 0.312 e. The van der Waals surface area contributed by atoms with Crippen molar-refractivity contribution in [3.8, 4) is 5.75 Å². The number of ether oxygens (including phenoxy) is 1. The Kier molecular flexibility index (Phi) is 4.32. The van der Waals surface area contributed by atoms with Crippen LogP contribution in [-0.2, 0) is 9.59 Å². The Hall–Kier alpha value is -2.04. The van der Waals surface area contributed by atoms with Gasteiger partial charge in [0.2, 0.25) is 5.91 Å². The highest BCUT2D eigenvalue weighted by Gasteiger charge is 2.07. The van der Waals surface area contributed by atoms with Crippen LogP contribution in [0.15, 0.2) is 24.3 Å². The molecule has 1 amide bonds. The van der Waals surface area contributed by atoms with Gasteiger partial charge < -0.3 is 15.2 Å². The van der Waals surface area contributed by atoms with E-state index in [9.17, 15) is 9.59 Å². The van der Waals surface area contributed by atoms with Gasteiger partial charge in [0.05, 0.1) is 6.61 Å². The third-order valence-electron chi connectivity index (χ3n) is 1.74. The van der Waals surface area contributed by atoms with Gasteiger partial charge in [-0.05, 0) is 19.1 Å². The standard InChI is InChI=1S/C11H13NO4/c1-2-16-9-5-3-4-8(6-9)12-10(13)7-11(14)15/h3-6H,2,7H2,1H3,(H,12,13)(H,14,15). The molecule has 1 rings (SSSR count). The van der Waals surface area contributed by atoms with E-state index in [1.165, 1.54) is 0 Å². The van der Waals surface area contributed by atoms with Crippen molar-refractivity contribution < 1.29 is 19.4 Å². The second-order valence-electron chi connectivity index (χ2n) is 3.08. The number of carbonyl (C=O) groups is 2. The molecule has 5 nitrogen and oxygen atoms in total. The molecule has 0 fully saturated rings. The Balaban J connectivity index is 2.62. The molecule has 0 unspecified atom stereocenters. The highest BCUT2D eigenvalue weighted by molar-refractivity contribution is 6.01. The van der Waals surface area contributed by atoms with Crippen molar-refractivity contribution in [1.82, 2.24) is 0 Å². The van der Waals surface area contributed by atoms with E-state index in [4.69, 9.17) is 9.84 Å². The molecule has 0 saturated carbocycles. The third kappa shape index (κ3) is 4.00. The van der Waals surface area contributed by atoms with E-state index in [0.29, 0.717) is 18.0 Å². The normalized spacial score (nSPS) is 9.56. The molecule has 0 radical (unpaired) electrons. The Labute approximate surface area is 93.0 Å². The summed E-state index contributed by atoms with van der Waals surface area (Å²) in [6.45, 7) is 2.39. The van der Waals surface area contributed by atoms with Gasteiger partial charge in [-0.1, -0.05) is 6.07 Å². The molecule has 1 aromatic carbocycles. The van der Waals surface area contributed by atoms with Crippen LogP contribution in [-0.4, -0.2) is 23.6 Å². The summed E-state index contributed by atoms with van der Waals surface area (Å²) >= 11 is 0. The summed E-state index contributed by atoms with van der Waals surface area (Å²) in [6.07, 6.45) is -0.543. The monoisotopic (exact) mass is 223 g/mol. The average molecular weight is 223 g/mol. The van der Waals surface area contributed by atoms with Crippen molar-refractivity contribution >= 4 is 17.6 Å². The fourth-order valence-corrected chi connectivity index (χ4v) is 1.17. The predicted molar refractivity (Wildman–Crippen MR) is 58.5 cm³/mol. The van der Waals surface area contributed by atoms with Crippen LogP contribution >= 0.6 is 0 Å². The number of anilines is 1. The van der Waals surface area contributed by atoms with Gasteiger partial charge in [-0.15, -0.1) is 0 Å². The summed E-state index contributed by atoms with van der Waals surface area (Å²) in [5.74, 6) is -1.07. The van der Waals surface area contributed by atoms with Crippen LogP contribution in [0.3, 0.4) is 0 Å². The maximum absolute atomic E-state index is 11.2. The molecular formula is C11H13NO4. The van der Waals surface area contributed by atoms with Crippen molar-refractivity contribution in [3.05, 3.63) is 24.3 Å². The summed E-state index contributed by atoms with van der Waals surface area (Å²) in [5, 5.41) is 10.9. The first kappa shape index (κ1) is 12.0. The number of amides is 1. The largest absolute Gasteiger partial charge is 0.494 e. The number of carboxylic acids is 1. The van der Waals surface area contributed by atoms with E-state index in [2.05, 4.69) is 5.32 Å². The smallest absolute Gasteiger partial charge is 0.312 e. The molecule has 0 bridgehead atoms. The maximum atomic E-state index is 11.2. The van der Waals surface area contributed by atoms with Gasteiger partial charge in [0.15, 0.2) is 0 Å². The summed E-state index contributed by atoms with van der Waals surface area (Å²) in [6, 6.07) is 6.79. The first-order valence-corrected chi connectivity index (χ1v) is 4.86. The van der Waals surface area contributed by atoms with Gasteiger partial charge in [-0.2, -0.15) is 0 Å². The summed E-state index contributed by atoms with van der Waals surface area (Å²) in [4.78, 5) is 21.4. The van der Waals surface area contributed by atoms with E-state index < -0.39 is 18.3 Å². The summed E-state index contributed by atoms with van der Waals surface area (Å²) < 4.78 is 5.24. The Morgan fingerprint density at radius 1 is 1.44 bits per heavy atom. The zero-order chi connectivity index (χ0) is 12.0. The van der Waals surface area contributed by atoms with E-state index >= 15 is 0 Å². The van der Waals surface area contributed by atoms with Crippen LogP contribution in [0.2, 0.25) is 0 Å². The zero-order valence-electron chi connectivity index (χ0n) is 8.90. The van der Waals surface area contributed by atoms with Gasteiger partial charge >= 0.3 is 5.97 Å². The zero-order valence-corrected chi connectivity index (χ0v) is 8.90. The average Bonchev–Trinajstić information content (AvgIpc) is 2.17. The minimum atomic E-state index is -1.15. The third-order valence-corrected chi connectivity index (χ3v) is 1.74.